The summed E-state index contributed by atoms with van der Waals surface area (Å²) in [4.78, 5) is 27.3. The number of hydrogen-bond acceptors (Lipinski definition) is 2. The van der Waals surface area contributed by atoms with E-state index in [0.29, 0.717) is 31.0 Å². The zero-order valence-corrected chi connectivity index (χ0v) is 18.3. The van der Waals surface area contributed by atoms with Gasteiger partial charge in [0.15, 0.2) is 0 Å². The number of nitrogens with one attached hydrogen (secondary N) is 1. The first-order valence-corrected chi connectivity index (χ1v) is 10.7. The SMILES string of the molecule is CCCCNC(=O)C(C)N(Cc1cccc(Cl)c1)C(=O)CCc1ccc(C)cc1. The number of unbranched alkanes of at least 4 members (excludes halogenated alkanes) is 1. The van der Waals surface area contributed by atoms with Crippen LogP contribution in [0.1, 0.15) is 49.8 Å². The molecule has 2 aromatic rings. The average molecular weight is 415 g/mol. The van der Waals surface area contributed by atoms with Crippen molar-refractivity contribution in [3.05, 3.63) is 70.2 Å². The fraction of sp³-hybridized carbons (Fsp3) is 0.417. The van der Waals surface area contributed by atoms with Gasteiger partial charge in [0.1, 0.15) is 6.04 Å². The molecule has 1 N–H and O–H groups in total. The van der Waals surface area contributed by atoms with E-state index in [1.807, 2.05) is 49.4 Å². The first-order chi connectivity index (χ1) is 13.9. The van der Waals surface area contributed by atoms with Gasteiger partial charge in [0.25, 0.3) is 0 Å². The molecule has 0 fully saturated rings. The zero-order chi connectivity index (χ0) is 21.2. The molecule has 0 saturated heterocycles. The first kappa shape index (κ1) is 23.0. The van der Waals surface area contributed by atoms with Gasteiger partial charge in [-0.1, -0.05) is 66.9 Å². The van der Waals surface area contributed by atoms with Crippen molar-refractivity contribution in [2.45, 2.75) is 59.0 Å². The summed E-state index contributed by atoms with van der Waals surface area (Å²) in [6.45, 7) is 6.89. The topological polar surface area (TPSA) is 49.4 Å². The number of carbonyl (C=O) groups is 2. The monoisotopic (exact) mass is 414 g/mol. The summed E-state index contributed by atoms with van der Waals surface area (Å²) in [6.07, 6.45) is 2.94. The van der Waals surface area contributed by atoms with Gasteiger partial charge in [-0.2, -0.15) is 0 Å². The molecule has 0 bridgehead atoms. The van der Waals surface area contributed by atoms with Crippen molar-refractivity contribution in [3.8, 4) is 0 Å². The van der Waals surface area contributed by atoms with Crippen LogP contribution in [0.3, 0.4) is 0 Å². The molecule has 0 spiro atoms. The molecule has 1 unspecified atom stereocenters. The second-order valence-electron chi connectivity index (χ2n) is 7.46. The molecule has 2 amide bonds. The minimum atomic E-state index is -0.545. The lowest BCUT2D eigenvalue weighted by Gasteiger charge is -2.29. The standard InChI is InChI=1S/C24H31ClN2O2/c1-4-5-15-26-24(29)19(3)27(17-21-7-6-8-22(25)16-21)23(28)14-13-20-11-9-18(2)10-12-20/h6-12,16,19H,4-5,13-15,17H2,1-3H3,(H,26,29). The number of nitrogens with zero attached hydrogens (tertiary/aromatic N) is 1. The highest BCUT2D eigenvalue weighted by Gasteiger charge is 2.25. The van der Waals surface area contributed by atoms with Crippen LogP contribution >= 0.6 is 11.6 Å². The summed E-state index contributed by atoms with van der Waals surface area (Å²) in [5, 5.41) is 3.56. The molecule has 0 aliphatic carbocycles. The Morgan fingerprint density at radius 2 is 1.83 bits per heavy atom. The van der Waals surface area contributed by atoms with Gasteiger partial charge in [-0.25, -0.2) is 0 Å². The van der Waals surface area contributed by atoms with Crippen LogP contribution in [-0.4, -0.2) is 29.3 Å². The second-order valence-corrected chi connectivity index (χ2v) is 7.89. The average Bonchev–Trinajstić information content (AvgIpc) is 2.71. The third kappa shape index (κ3) is 7.54. The summed E-state index contributed by atoms with van der Waals surface area (Å²) in [5.41, 5.74) is 3.22. The maximum atomic E-state index is 13.1. The van der Waals surface area contributed by atoms with E-state index in [1.165, 1.54) is 5.56 Å². The molecule has 1 atom stereocenters. The lowest BCUT2D eigenvalue weighted by Crippen LogP contribution is -2.47. The fourth-order valence-electron chi connectivity index (χ4n) is 3.10. The van der Waals surface area contributed by atoms with Crippen molar-refractivity contribution in [2.75, 3.05) is 6.54 Å². The molecule has 0 radical (unpaired) electrons. The smallest absolute Gasteiger partial charge is 0.242 e. The molecular formula is C24H31ClN2O2. The number of rotatable bonds is 10. The van der Waals surface area contributed by atoms with Crippen LogP contribution in [0.2, 0.25) is 5.02 Å². The zero-order valence-electron chi connectivity index (χ0n) is 17.6. The van der Waals surface area contributed by atoms with Crippen molar-refractivity contribution in [1.29, 1.82) is 0 Å². The lowest BCUT2D eigenvalue weighted by atomic mass is 10.1. The Balaban J connectivity index is 2.10. The molecule has 0 aliphatic rings. The van der Waals surface area contributed by atoms with Crippen molar-refractivity contribution in [1.82, 2.24) is 10.2 Å². The van der Waals surface area contributed by atoms with Gasteiger partial charge >= 0.3 is 0 Å². The fourth-order valence-corrected chi connectivity index (χ4v) is 3.31. The van der Waals surface area contributed by atoms with Gasteiger partial charge in [-0.3, -0.25) is 9.59 Å². The van der Waals surface area contributed by atoms with Gasteiger partial charge in [0.05, 0.1) is 0 Å². The molecule has 5 heteroatoms. The van der Waals surface area contributed by atoms with E-state index in [4.69, 9.17) is 11.6 Å². The Kier molecular flexibility index (Phi) is 9.20. The number of carbonyl (C=O) groups excluding carboxylic acids is 2. The third-order valence-electron chi connectivity index (χ3n) is 4.99. The molecule has 156 valence electrons. The molecular weight excluding hydrogens is 384 g/mol. The maximum Gasteiger partial charge on any atom is 0.242 e. The maximum absolute atomic E-state index is 13.1. The lowest BCUT2D eigenvalue weighted by molar-refractivity contribution is -0.140. The summed E-state index contributed by atoms with van der Waals surface area (Å²) in [7, 11) is 0. The van der Waals surface area contributed by atoms with Gasteiger partial charge in [-0.05, 0) is 49.9 Å². The van der Waals surface area contributed by atoms with E-state index in [0.717, 1.165) is 24.0 Å². The van der Waals surface area contributed by atoms with E-state index in [9.17, 15) is 9.59 Å². The van der Waals surface area contributed by atoms with Crippen LogP contribution in [0.5, 0.6) is 0 Å². The number of benzene rings is 2. The Bertz CT molecular complexity index is 805. The largest absolute Gasteiger partial charge is 0.354 e. The predicted molar refractivity (Wildman–Crippen MR) is 119 cm³/mol. The van der Waals surface area contributed by atoms with Crippen LogP contribution in [0.15, 0.2) is 48.5 Å². The quantitative estimate of drug-likeness (QED) is 0.561. The van der Waals surface area contributed by atoms with Gasteiger partial charge in [-0.15, -0.1) is 0 Å². The van der Waals surface area contributed by atoms with Crippen LogP contribution in [0.25, 0.3) is 0 Å². The number of halogens is 1. The van der Waals surface area contributed by atoms with E-state index < -0.39 is 6.04 Å². The van der Waals surface area contributed by atoms with E-state index in [1.54, 1.807) is 17.9 Å². The summed E-state index contributed by atoms with van der Waals surface area (Å²) in [5.74, 6) is -0.159. The van der Waals surface area contributed by atoms with E-state index >= 15 is 0 Å². The minimum Gasteiger partial charge on any atom is -0.354 e. The molecule has 2 aromatic carbocycles. The highest BCUT2D eigenvalue weighted by atomic mass is 35.5. The first-order valence-electron chi connectivity index (χ1n) is 10.3. The molecule has 0 aromatic heterocycles. The second kappa shape index (κ2) is 11.6. The van der Waals surface area contributed by atoms with Crippen molar-refractivity contribution in [2.24, 2.45) is 0 Å². The molecule has 29 heavy (non-hydrogen) atoms. The number of hydrogen-bond donors (Lipinski definition) is 1. The molecule has 4 nitrogen and oxygen atoms in total. The Labute approximate surface area is 179 Å². The van der Waals surface area contributed by atoms with Gasteiger partial charge in [0.2, 0.25) is 11.8 Å². The van der Waals surface area contributed by atoms with E-state index in [-0.39, 0.29) is 11.8 Å². The summed E-state index contributed by atoms with van der Waals surface area (Å²) < 4.78 is 0. The van der Waals surface area contributed by atoms with Gasteiger partial charge < -0.3 is 10.2 Å². The van der Waals surface area contributed by atoms with Crippen LogP contribution in [0.4, 0.5) is 0 Å². The highest BCUT2D eigenvalue weighted by Crippen LogP contribution is 2.16. The van der Waals surface area contributed by atoms with Crippen LogP contribution in [-0.2, 0) is 22.6 Å². The number of aryl methyl sites for hydroxylation is 2. The van der Waals surface area contributed by atoms with Crippen molar-refractivity contribution in [3.63, 3.8) is 0 Å². The van der Waals surface area contributed by atoms with Crippen molar-refractivity contribution >= 4 is 23.4 Å². The third-order valence-corrected chi connectivity index (χ3v) is 5.22. The summed E-state index contributed by atoms with van der Waals surface area (Å²) >= 11 is 6.11. The van der Waals surface area contributed by atoms with Crippen molar-refractivity contribution < 1.29 is 9.59 Å². The normalized spacial score (nSPS) is 11.7. The molecule has 0 aliphatic heterocycles. The molecule has 2 rings (SSSR count). The van der Waals surface area contributed by atoms with Crippen LogP contribution in [0, 0.1) is 6.92 Å². The Morgan fingerprint density at radius 1 is 1.10 bits per heavy atom. The predicted octanol–water partition coefficient (Wildman–Crippen LogP) is 4.91. The Hall–Kier alpha value is -2.33. The van der Waals surface area contributed by atoms with Gasteiger partial charge in [0, 0.05) is 24.5 Å². The summed E-state index contributed by atoms with van der Waals surface area (Å²) in [6, 6.07) is 15.1. The minimum absolute atomic E-state index is 0.0382. The van der Waals surface area contributed by atoms with Crippen LogP contribution < -0.4 is 5.32 Å². The number of amides is 2. The van der Waals surface area contributed by atoms with E-state index in [2.05, 4.69) is 12.2 Å². The Morgan fingerprint density at radius 3 is 2.48 bits per heavy atom. The molecule has 0 saturated carbocycles. The molecule has 0 heterocycles. The highest BCUT2D eigenvalue weighted by molar-refractivity contribution is 6.30.